The summed E-state index contributed by atoms with van der Waals surface area (Å²) in [6.45, 7) is 6.08. The van der Waals surface area contributed by atoms with Crippen molar-refractivity contribution in [3.8, 4) is 0 Å². The number of benzene rings is 4. The maximum Gasteiger partial charge on any atom is 0.331 e. The van der Waals surface area contributed by atoms with Gasteiger partial charge in [-0.1, -0.05) is 92.0 Å². The molecule has 0 radical (unpaired) electrons. The van der Waals surface area contributed by atoms with E-state index in [1.165, 1.54) is 6.92 Å². The maximum absolute atomic E-state index is 15.0. The Morgan fingerprint density at radius 2 is 1.38 bits per heavy atom. The number of rotatable bonds is 13. The minimum atomic E-state index is -3.78. The molecule has 45 heavy (non-hydrogen) atoms. The second-order valence-corrected chi connectivity index (χ2v) is 13.7. The zero-order valence-corrected chi connectivity index (χ0v) is 26.8. The predicted octanol–water partition coefficient (Wildman–Crippen LogP) is 8.04. The summed E-state index contributed by atoms with van der Waals surface area (Å²) in [5, 5.41) is 6.40. The van der Waals surface area contributed by atoms with Crippen LogP contribution in [-0.4, -0.2) is 27.6 Å². The highest BCUT2D eigenvalue weighted by molar-refractivity contribution is 7.93. The van der Waals surface area contributed by atoms with Crippen LogP contribution in [0.3, 0.4) is 0 Å². The molecule has 0 fully saturated rings. The Morgan fingerprint density at radius 3 is 2.02 bits per heavy atom. The summed E-state index contributed by atoms with van der Waals surface area (Å²) < 4.78 is 17.2. The number of oxime groups is 1. The van der Waals surface area contributed by atoms with Crippen LogP contribution in [0, 0.1) is 0 Å². The van der Waals surface area contributed by atoms with Crippen molar-refractivity contribution in [2.24, 2.45) is 5.16 Å². The van der Waals surface area contributed by atoms with E-state index in [1.54, 1.807) is 60.7 Å². The largest absolute Gasteiger partial charge is 0.341 e. The van der Waals surface area contributed by atoms with E-state index in [9.17, 15) is 14.4 Å². The second kappa shape index (κ2) is 14.0. The van der Waals surface area contributed by atoms with Crippen LogP contribution in [0.5, 0.6) is 0 Å². The molecule has 0 saturated carbocycles. The number of aromatic nitrogens is 1. The minimum Gasteiger partial charge on any atom is -0.341 e. The fourth-order valence-electron chi connectivity index (χ4n) is 5.76. The first-order valence-corrected chi connectivity index (χ1v) is 17.1. The van der Waals surface area contributed by atoms with Crippen molar-refractivity contribution in [3.05, 3.63) is 108 Å². The first-order valence-electron chi connectivity index (χ1n) is 15.4. The van der Waals surface area contributed by atoms with Crippen LogP contribution in [-0.2, 0) is 20.7 Å². The zero-order chi connectivity index (χ0) is 32.0. The van der Waals surface area contributed by atoms with Crippen LogP contribution in [0.15, 0.2) is 102 Å². The van der Waals surface area contributed by atoms with Crippen molar-refractivity contribution in [2.75, 3.05) is 0 Å². The molecule has 0 bridgehead atoms. The monoisotopic (exact) mass is 620 g/mol. The van der Waals surface area contributed by atoms with Gasteiger partial charge in [-0.15, -0.1) is 0 Å². The standard InChI is InChI=1S/C37H37N2O5P/c1-4-6-7-14-19-33(38-44-26(3)40)36(41)28-20-22-34-31(24-28)32-25-30(21-23-35(32)39(34)5-2)45(43,29-17-12-9-13-18-29)37(42)27-15-10-8-11-16-27/h8-13,15-18,20-25H,4-7,14,19H2,1-3H3/b38-33+. The van der Waals surface area contributed by atoms with Gasteiger partial charge in [-0.3, -0.25) is 9.59 Å². The molecular weight excluding hydrogens is 583 g/mol. The molecule has 7 nitrogen and oxygen atoms in total. The fraction of sp³-hybridized carbons (Fsp3) is 0.243. The molecule has 1 atom stereocenters. The summed E-state index contributed by atoms with van der Waals surface area (Å²) in [6.07, 6.45) is 4.19. The lowest BCUT2D eigenvalue weighted by atomic mass is 10.00. The predicted molar refractivity (Wildman–Crippen MR) is 181 cm³/mol. The Balaban J connectivity index is 1.66. The van der Waals surface area contributed by atoms with Gasteiger partial charge in [-0.05, 0) is 56.2 Å². The van der Waals surface area contributed by atoms with Gasteiger partial charge in [0.05, 0.1) is 0 Å². The van der Waals surface area contributed by atoms with Gasteiger partial charge in [0.15, 0.2) is 0 Å². The van der Waals surface area contributed by atoms with Crippen molar-refractivity contribution in [1.29, 1.82) is 0 Å². The number of unbranched alkanes of at least 4 members (excludes halogenated alkanes) is 3. The Morgan fingerprint density at radius 1 is 0.733 bits per heavy atom. The van der Waals surface area contributed by atoms with E-state index in [4.69, 9.17) is 4.84 Å². The molecule has 1 unspecified atom stereocenters. The Bertz CT molecular complexity index is 1940. The van der Waals surface area contributed by atoms with E-state index < -0.39 is 18.6 Å². The summed E-state index contributed by atoms with van der Waals surface area (Å²) in [6, 6.07) is 28.6. The van der Waals surface area contributed by atoms with Crippen LogP contribution >= 0.6 is 7.14 Å². The number of hydrogen-bond donors (Lipinski definition) is 0. The topological polar surface area (TPSA) is 94.8 Å². The van der Waals surface area contributed by atoms with Crippen molar-refractivity contribution in [2.45, 2.75) is 59.4 Å². The lowest BCUT2D eigenvalue weighted by molar-refractivity contribution is -0.140. The molecule has 8 heteroatoms. The van der Waals surface area contributed by atoms with E-state index >= 15 is 4.57 Å². The number of hydrogen-bond acceptors (Lipinski definition) is 6. The van der Waals surface area contributed by atoms with E-state index in [0.717, 1.165) is 47.5 Å². The van der Waals surface area contributed by atoms with Crippen molar-refractivity contribution in [1.82, 2.24) is 4.57 Å². The summed E-state index contributed by atoms with van der Waals surface area (Å²) in [5.41, 5.74) is 2.37. The average molecular weight is 621 g/mol. The molecule has 0 aliphatic rings. The Kier molecular flexibility index (Phi) is 9.90. The number of fused-ring (bicyclic) bond motifs is 3. The smallest absolute Gasteiger partial charge is 0.331 e. The highest BCUT2D eigenvalue weighted by atomic mass is 31.2. The maximum atomic E-state index is 15.0. The number of aryl methyl sites for hydroxylation is 1. The first kappa shape index (κ1) is 31.8. The third kappa shape index (κ3) is 6.45. The molecule has 1 heterocycles. The number of Topliss-reactive ketones (excluding diaryl/α,β-unsaturated/α-hetero) is 1. The van der Waals surface area contributed by atoms with Crippen LogP contribution < -0.4 is 10.6 Å². The van der Waals surface area contributed by atoms with Gasteiger partial charge in [0.1, 0.15) is 5.71 Å². The molecule has 0 N–H and O–H groups in total. The SMILES string of the molecule is CCCCCC/C(=N\OC(C)=O)C(=O)c1ccc2c(c1)c1cc(P(=O)(C(=O)c3ccccc3)c3ccccc3)ccc1n2CC. The van der Waals surface area contributed by atoms with Crippen LogP contribution in [0.25, 0.3) is 21.8 Å². The third-order valence-electron chi connectivity index (χ3n) is 8.03. The van der Waals surface area contributed by atoms with Gasteiger partial charge >= 0.3 is 5.97 Å². The van der Waals surface area contributed by atoms with Crippen molar-refractivity contribution >= 4 is 62.5 Å². The minimum absolute atomic E-state index is 0.197. The zero-order valence-electron chi connectivity index (χ0n) is 25.9. The molecule has 0 aliphatic carbocycles. The van der Waals surface area contributed by atoms with E-state index in [1.807, 2.05) is 43.3 Å². The normalized spacial score (nSPS) is 13.1. The molecule has 0 aliphatic heterocycles. The summed E-state index contributed by atoms with van der Waals surface area (Å²) in [5.74, 6) is -0.895. The molecule has 0 saturated heterocycles. The molecule has 5 rings (SSSR count). The van der Waals surface area contributed by atoms with Gasteiger partial charge in [0.2, 0.25) is 18.4 Å². The lowest BCUT2D eigenvalue weighted by Gasteiger charge is -2.18. The molecule has 1 aromatic heterocycles. The molecule has 4 aromatic carbocycles. The van der Waals surface area contributed by atoms with E-state index in [2.05, 4.69) is 16.6 Å². The van der Waals surface area contributed by atoms with Gasteiger partial charge in [0.25, 0.3) is 0 Å². The molecular formula is C37H37N2O5P. The second-order valence-electron chi connectivity index (χ2n) is 11.1. The number of nitrogens with zero attached hydrogens (tertiary/aromatic N) is 2. The number of ketones is 1. The quantitative estimate of drug-likeness (QED) is 0.0332. The molecule has 0 spiro atoms. The van der Waals surface area contributed by atoms with Crippen molar-refractivity contribution < 1.29 is 23.8 Å². The highest BCUT2D eigenvalue weighted by Crippen LogP contribution is 2.47. The lowest BCUT2D eigenvalue weighted by Crippen LogP contribution is -2.22. The van der Waals surface area contributed by atoms with Gasteiger partial charge in [-0.25, -0.2) is 4.79 Å². The van der Waals surface area contributed by atoms with Gasteiger partial charge in [0, 0.05) is 57.0 Å². The number of carbonyl (C=O) groups is 3. The first-order chi connectivity index (χ1) is 21.8. The molecule has 5 aromatic rings. The Labute approximate surface area is 263 Å². The van der Waals surface area contributed by atoms with Crippen molar-refractivity contribution in [3.63, 3.8) is 0 Å². The number of carbonyl (C=O) groups excluding carboxylic acids is 3. The fourth-order valence-corrected chi connectivity index (χ4v) is 8.23. The molecule has 230 valence electrons. The van der Waals surface area contributed by atoms with Gasteiger partial charge < -0.3 is 14.0 Å². The summed E-state index contributed by atoms with van der Waals surface area (Å²) >= 11 is 0. The van der Waals surface area contributed by atoms with Gasteiger partial charge in [-0.2, -0.15) is 0 Å². The van der Waals surface area contributed by atoms with E-state index in [0.29, 0.717) is 34.7 Å². The summed E-state index contributed by atoms with van der Waals surface area (Å²) in [4.78, 5) is 44.1. The van der Waals surface area contributed by atoms with Crippen LogP contribution in [0.4, 0.5) is 0 Å². The van der Waals surface area contributed by atoms with E-state index in [-0.39, 0.29) is 11.5 Å². The average Bonchev–Trinajstić information content (AvgIpc) is 3.39. The summed E-state index contributed by atoms with van der Waals surface area (Å²) in [7, 11) is -3.78. The Hall–Kier alpha value is -4.61. The third-order valence-corrected chi connectivity index (χ3v) is 10.9. The van der Waals surface area contributed by atoms with Crippen LogP contribution in [0.2, 0.25) is 0 Å². The highest BCUT2D eigenvalue weighted by Gasteiger charge is 2.37. The van der Waals surface area contributed by atoms with Crippen LogP contribution in [0.1, 0.15) is 73.6 Å². The molecule has 0 amide bonds.